The SMILES string of the molecule is CSc1c(C=O)cc(C)cc1B1OC(C)(C)C(C)(C)O1. The summed E-state index contributed by atoms with van der Waals surface area (Å²) in [5.41, 5.74) is 1.92. The summed E-state index contributed by atoms with van der Waals surface area (Å²) in [5, 5.41) is 0. The van der Waals surface area contributed by atoms with Crippen molar-refractivity contribution in [3.8, 4) is 0 Å². The van der Waals surface area contributed by atoms with Crippen LogP contribution in [0, 0.1) is 6.92 Å². The molecule has 0 aliphatic carbocycles. The van der Waals surface area contributed by atoms with Crippen LogP contribution in [0.2, 0.25) is 0 Å². The first-order chi connectivity index (χ1) is 9.21. The number of thioether (sulfide) groups is 1. The van der Waals surface area contributed by atoms with Crippen molar-refractivity contribution in [2.75, 3.05) is 6.26 Å². The highest BCUT2D eigenvalue weighted by Gasteiger charge is 2.52. The zero-order valence-corrected chi connectivity index (χ0v) is 13.8. The Morgan fingerprint density at radius 1 is 1.15 bits per heavy atom. The van der Waals surface area contributed by atoms with Crippen molar-refractivity contribution in [3.63, 3.8) is 0 Å². The van der Waals surface area contributed by atoms with E-state index in [0.717, 1.165) is 22.2 Å². The van der Waals surface area contributed by atoms with Crippen LogP contribution >= 0.6 is 11.8 Å². The van der Waals surface area contributed by atoms with Crippen molar-refractivity contribution in [1.29, 1.82) is 0 Å². The Kier molecular flexibility index (Phi) is 4.06. The maximum absolute atomic E-state index is 11.3. The molecule has 1 aliphatic rings. The van der Waals surface area contributed by atoms with Crippen LogP contribution < -0.4 is 5.46 Å². The molecule has 0 radical (unpaired) electrons. The third-order valence-electron chi connectivity index (χ3n) is 4.13. The molecule has 0 unspecified atom stereocenters. The minimum Gasteiger partial charge on any atom is -0.399 e. The minimum atomic E-state index is -0.430. The van der Waals surface area contributed by atoms with Crippen molar-refractivity contribution < 1.29 is 14.1 Å². The minimum absolute atomic E-state index is 0.377. The largest absolute Gasteiger partial charge is 0.496 e. The summed E-state index contributed by atoms with van der Waals surface area (Å²) in [4.78, 5) is 12.2. The summed E-state index contributed by atoms with van der Waals surface area (Å²) in [6.07, 6.45) is 2.86. The van der Waals surface area contributed by atoms with E-state index in [1.807, 2.05) is 53.0 Å². The molecule has 1 heterocycles. The van der Waals surface area contributed by atoms with Crippen LogP contribution in [0.4, 0.5) is 0 Å². The summed E-state index contributed by atoms with van der Waals surface area (Å²) in [7, 11) is -0.430. The molecule has 5 heteroatoms. The third kappa shape index (κ3) is 2.54. The molecule has 0 atom stereocenters. The van der Waals surface area contributed by atoms with Crippen LogP contribution in [-0.4, -0.2) is 30.9 Å². The number of aryl methyl sites for hydroxylation is 1. The van der Waals surface area contributed by atoms with Crippen LogP contribution in [0.15, 0.2) is 17.0 Å². The van der Waals surface area contributed by atoms with Crippen LogP contribution in [-0.2, 0) is 9.31 Å². The smallest absolute Gasteiger partial charge is 0.399 e. The van der Waals surface area contributed by atoms with Gasteiger partial charge in [0, 0.05) is 10.5 Å². The summed E-state index contributed by atoms with van der Waals surface area (Å²) >= 11 is 1.55. The molecule has 0 saturated carbocycles. The van der Waals surface area contributed by atoms with E-state index in [1.54, 1.807) is 11.8 Å². The van der Waals surface area contributed by atoms with Gasteiger partial charge in [0.1, 0.15) is 0 Å². The lowest BCUT2D eigenvalue weighted by Gasteiger charge is -2.32. The Hall–Kier alpha value is -0.775. The zero-order valence-electron chi connectivity index (χ0n) is 12.9. The lowest BCUT2D eigenvalue weighted by molar-refractivity contribution is 0.00578. The number of carbonyl (C=O) groups excluding carboxylic acids is 1. The molecular formula is C15H21BO3S. The molecule has 1 fully saturated rings. The van der Waals surface area contributed by atoms with E-state index in [0.29, 0.717) is 5.56 Å². The molecule has 0 aromatic heterocycles. The Morgan fingerprint density at radius 3 is 2.15 bits per heavy atom. The van der Waals surface area contributed by atoms with E-state index in [1.165, 1.54) is 0 Å². The van der Waals surface area contributed by atoms with Gasteiger partial charge in [-0.25, -0.2) is 0 Å². The highest BCUT2D eigenvalue weighted by molar-refractivity contribution is 7.99. The highest BCUT2D eigenvalue weighted by Crippen LogP contribution is 2.37. The van der Waals surface area contributed by atoms with E-state index < -0.39 is 7.12 Å². The monoisotopic (exact) mass is 292 g/mol. The first-order valence-electron chi connectivity index (χ1n) is 6.71. The molecule has 1 aromatic rings. The van der Waals surface area contributed by atoms with Crippen molar-refractivity contribution >= 4 is 30.6 Å². The van der Waals surface area contributed by atoms with Gasteiger partial charge in [-0.15, -0.1) is 11.8 Å². The molecule has 3 nitrogen and oxygen atoms in total. The Bertz CT molecular complexity index is 524. The number of rotatable bonds is 3. The van der Waals surface area contributed by atoms with Crippen LogP contribution in [0.25, 0.3) is 0 Å². The van der Waals surface area contributed by atoms with Gasteiger partial charge in [-0.05, 0) is 52.4 Å². The summed E-state index contributed by atoms with van der Waals surface area (Å²) < 4.78 is 12.2. The van der Waals surface area contributed by atoms with Crippen molar-refractivity contribution in [2.45, 2.75) is 50.7 Å². The van der Waals surface area contributed by atoms with Crippen molar-refractivity contribution in [1.82, 2.24) is 0 Å². The van der Waals surface area contributed by atoms with E-state index in [2.05, 4.69) is 0 Å². The quantitative estimate of drug-likeness (QED) is 0.487. The fourth-order valence-electron chi connectivity index (χ4n) is 2.30. The van der Waals surface area contributed by atoms with Crippen LogP contribution in [0.3, 0.4) is 0 Å². The lowest BCUT2D eigenvalue weighted by atomic mass is 9.77. The molecule has 1 aromatic carbocycles. The topological polar surface area (TPSA) is 35.5 Å². The Balaban J connectivity index is 2.49. The fourth-order valence-corrected chi connectivity index (χ4v) is 3.03. The molecule has 0 bridgehead atoms. The van der Waals surface area contributed by atoms with Gasteiger partial charge in [-0.1, -0.05) is 11.6 Å². The molecule has 0 spiro atoms. The summed E-state index contributed by atoms with van der Waals surface area (Å²) in [5.74, 6) is 0. The van der Waals surface area contributed by atoms with Gasteiger partial charge >= 0.3 is 7.12 Å². The summed E-state index contributed by atoms with van der Waals surface area (Å²) in [6, 6.07) is 3.94. The molecule has 20 heavy (non-hydrogen) atoms. The summed E-state index contributed by atoms with van der Waals surface area (Å²) in [6.45, 7) is 10.1. The first-order valence-corrected chi connectivity index (χ1v) is 7.93. The first kappa shape index (κ1) is 15.6. The van der Waals surface area contributed by atoms with Gasteiger partial charge in [0.2, 0.25) is 0 Å². The van der Waals surface area contributed by atoms with Gasteiger partial charge in [0.15, 0.2) is 6.29 Å². The second kappa shape index (κ2) is 5.21. The van der Waals surface area contributed by atoms with Gasteiger partial charge in [0.05, 0.1) is 11.2 Å². The van der Waals surface area contributed by atoms with E-state index in [4.69, 9.17) is 9.31 Å². The van der Waals surface area contributed by atoms with Gasteiger partial charge in [0.25, 0.3) is 0 Å². The van der Waals surface area contributed by atoms with Gasteiger partial charge in [-0.3, -0.25) is 4.79 Å². The molecule has 1 saturated heterocycles. The Morgan fingerprint density at radius 2 is 1.70 bits per heavy atom. The van der Waals surface area contributed by atoms with E-state index >= 15 is 0 Å². The number of hydrogen-bond acceptors (Lipinski definition) is 4. The van der Waals surface area contributed by atoms with Gasteiger partial charge < -0.3 is 9.31 Å². The molecule has 108 valence electrons. The highest BCUT2D eigenvalue weighted by atomic mass is 32.2. The number of aldehydes is 1. The number of hydrogen-bond donors (Lipinski definition) is 0. The second-order valence-electron chi connectivity index (χ2n) is 6.18. The zero-order chi connectivity index (χ0) is 15.1. The Labute approximate surface area is 125 Å². The maximum atomic E-state index is 11.3. The second-order valence-corrected chi connectivity index (χ2v) is 7.00. The third-order valence-corrected chi connectivity index (χ3v) is 5.01. The van der Waals surface area contributed by atoms with Crippen LogP contribution in [0.1, 0.15) is 43.6 Å². The van der Waals surface area contributed by atoms with Crippen LogP contribution in [0.5, 0.6) is 0 Å². The van der Waals surface area contributed by atoms with Crippen molar-refractivity contribution in [3.05, 3.63) is 23.3 Å². The normalized spacial score (nSPS) is 20.2. The lowest BCUT2D eigenvalue weighted by Crippen LogP contribution is -2.41. The average molecular weight is 292 g/mol. The molecular weight excluding hydrogens is 271 g/mol. The maximum Gasteiger partial charge on any atom is 0.496 e. The number of benzene rings is 1. The standard InChI is InChI=1S/C15H21BO3S/c1-10-7-11(9-17)13(20-6)12(8-10)16-18-14(2,3)15(4,5)19-16/h7-9H,1-6H3. The molecule has 1 aliphatic heterocycles. The molecule has 2 rings (SSSR count). The van der Waals surface area contributed by atoms with E-state index in [9.17, 15) is 4.79 Å². The number of carbonyl (C=O) groups is 1. The average Bonchev–Trinajstić information content (AvgIpc) is 2.57. The predicted octanol–water partition coefficient (Wildman–Crippen LogP) is 2.83. The van der Waals surface area contributed by atoms with Crippen molar-refractivity contribution in [2.24, 2.45) is 0 Å². The van der Waals surface area contributed by atoms with Gasteiger partial charge in [-0.2, -0.15) is 0 Å². The molecule has 0 amide bonds. The molecule has 0 N–H and O–H groups in total. The van der Waals surface area contributed by atoms with E-state index in [-0.39, 0.29) is 11.2 Å². The fraction of sp³-hybridized carbons (Fsp3) is 0.533. The predicted molar refractivity (Wildman–Crippen MR) is 84.1 cm³/mol.